The molecule has 0 aliphatic rings. The fourth-order valence-electron chi connectivity index (χ4n) is 2.16. The molecule has 112 valence electrons. The molecule has 5 nitrogen and oxygen atoms in total. The summed E-state index contributed by atoms with van der Waals surface area (Å²) in [5, 5.41) is 13.9. The minimum Gasteiger partial charge on any atom is -0.476 e. The first-order chi connectivity index (χ1) is 9.22. The maximum atomic E-state index is 12.1. The van der Waals surface area contributed by atoms with Crippen LogP contribution >= 0.6 is 11.3 Å². The van der Waals surface area contributed by atoms with E-state index in [1.165, 1.54) is 16.7 Å². The number of carbonyl (C=O) groups excluding carboxylic acids is 1. The molecule has 6 heteroatoms. The first kappa shape index (κ1) is 16.6. The van der Waals surface area contributed by atoms with E-state index in [4.69, 9.17) is 5.11 Å². The van der Waals surface area contributed by atoms with E-state index in [-0.39, 0.29) is 17.0 Å². The molecule has 0 aromatic carbocycles. The van der Waals surface area contributed by atoms with Crippen LogP contribution in [0.1, 0.15) is 49.6 Å². The number of carbonyl (C=O) groups is 2. The first-order valence-electron chi connectivity index (χ1n) is 6.68. The summed E-state index contributed by atoms with van der Waals surface area (Å²) in [6, 6.07) is 0. The average Bonchev–Trinajstić information content (AvgIpc) is 2.76. The van der Waals surface area contributed by atoms with Crippen molar-refractivity contribution in [1.82, 2.24) is 10.3 Å². The number of amides is 1. The quantitative estimate of drug-likeness (QED) is 0.811. The van der Waals surface area contributed by atoms with Crippen molar-refractivity contribution in [2.24, 2.45) is 11.3 Å². The zero-order valence-corrected chi connectivity index (χ0v) is 13.2. The van der Waals surface area contributed by atoms with E-state index in [2.05, 4.69) is 24.1 Å². The van der Waals surface area contributed by atoms with Crippen molar-refractivity contribution in [1.29, 1.82) is 0 Å². The lowest BCUT2D eigenvalue weighted by atomic mass is 9.83. The van der Waals surface area contributed by atoms with E-state index in [1.54, 1.807) is 0 Å². The highest BCUT2D eigenvalue weighted by Gasteiger charge is 2.28. The lowest BCUT2D eigenvalue weighted by Crippen LogP contribution is -2.38. The second-order valence-electron chi connectivity index (χ2n) is 5.92. The van der Waals surface area contributed by atoms with Crippen LogP contribution in [-0.2, 0) is 11.2 Å². The molecule has 2 N–H and O–H groups in total. The molecule has 0 bridgehead atoms. The molecular weight excluding hydrogens is 276 g/mol. The molecule has 0 radical (unpaired) electrons. The molecule has 0 fully saturated rings. The van der Waals surface area contributed by atoms with Crippen LogP contribution in [0, 0.1) is 11.3 Å². The van der Waals surface area contributed by atoms with Crippen LogP contribution in [0.25, 0.3) is 0 Å². The van der Waals surface area contributed by atoms with Crippen molar-refractivity contribution >= 4 is 23.2 Å². The van der Waals surface area contributed by atoms with Crippen LogP contribution in [-0.4, -0.2) is 28.5 Å². The maximum absolute atomic E-state index is 12.1. The van der Waals surface area contributed by atoms with Crippen LogP contribution in [0.4, 0.5) is 0 Å². The Kier molecular flexibility index (Phi) is 5.68. The van der Waals surface area contributed by atoms with Crippen molar-refractivity contribution in [3.05, 3.63) is 16.1 Å². The summed E-state index contributed by atoms with van der Waals surface area (Å²) in [6.45, 7) is 8.55. The third-order valence-electron chi connectivity index (χ3n) is 2.93. The van der Waals surface area contributed by atoms with Gasteiger partial charge in [0.15, 0.2) is 5.69 Å². The Morgan fingerprint density at radius 1 is 1.45 bits per heavy atom. The minimum atomic E-state index is -1.02. The lowest BCUT2D eigenvalue weighted by molar-refractivity contribution is -0.130. The van der Waals surface area contributed by atoms with Gasteiger partial charge in [0.1, 0.15) is 0 Å². The van der Waals surface area contributed by atoms with Gasteiger partial charge in [-0.2, -0.15) is 0 Å². The molecule has 0 aliphatic heterocycles. The zero-order chi connectivity index (χ0) is 15.3. The number of hydrogen-bond acceptors (Lipinski definition) is 4. The number of hydrogen-bond donors (Lipinski definition) is 2. The SMILES string of the molecule is CC(C)CC(C)(C)C(=O)NCCc1nc(C(=O)O)cs1. The van der Waals surface area contributed by atoms with Gasteiger partial charge in [0, 0.05) is 23.8 Å². The summed E-state index contributed by atoms with van der Waals surface area (Å²) >= 11 is 1.30. The van der Waals surface area contributed by atoms with E-state index >= 15 is 0 Å². The Bertz CT molecular complexity index is 481. The third-order valence-corrected chi connectivity index (χ3v) is 3.84. The summed E-state index contributed by atoms with van der Waals surface area (Å²) < 4.78 is 0. The normalized spacial score (nSPS) is 11.7. The van der Waals surface area contributed by atoms with Gasteiger partial charge in [0.05, 0.1) is 5.01 Å². The minimum absolute atomic E-state index is 0.0289. The maximum Gasteiger partial charge on any atom is 0.355 e. The topological polar surface area (TPSA) is 79.3 Å². The zero-order valence-electron chi connectivity index (χ0n) is 12.4. The van der Waals surface area contributed by atoms with E-state index < -0.39 is 5.97 Å². The number of rotatable bonds is 7. The molecule has 0 unspecified atom stereocenters. The monoisotopic (exact) mass is 298 g/mol. The molecule has 1 heterocycles. The molecule has 1 aromatic rings. The number of nitrogens with zero attached hydrogens (tertiary/aromatic N) is 1. The van der Waals surface area contributed by atoms with E-state index in [9.17, 15) is 9.59 Å². The summed E-state index contributed by atoms with van der Waals surface area (Å²) in [5.74, 6) is -0.524. The van der Waals surface area contributed by atoms with Crippen LogP contribution in [0.5, 0.6) is 0 Å². The van der Waals surface area contributed by atoms with Crippen LogP contribution < -0.4 is 5.32 Å². The number of carboxylic acids is 1. The lowest BCUT2D eigenvalue weighted by Gasteiger charge is -2.25. The van der Waals surface area contributed by atoms with Crippen molar-refractivity contribution in [2.75, 3.05) is 6.54 Å². The van der Waals surface area contributed by atoms with Crippen LogP contribution in [0.15, 0.2) is 5.38 Å². The highest BCUT2D eigenvalue weighted by molar-refractivity contribution is 7.09. The van der Waals surface area contributed by atoms with Crippen LogP contribution in [0.2, 0.25) is 0 Å². The molecule has 0 atom stereocenters. The van der Waals surface area contributed by atoms with Crippen molar-refractivity contribution in [3.63, 3.8) is 0 Å². The van der Waals surface area contributed by atoms with Gasteiger partial charge in [-0.25, -0.2) is 9.78 Å². The van der Waals surface area contributed by atoms with Crippen LogP contribution in [0.3, 0.4) is 0 Å². The Morgan fingerprint density at radius 2 is 2.10 bits per heavy atom. The molecule has 1 amide bonds. The Morgan fingerprint density at radius 3 is 2.60 bits per heavy atom. The highest BCUT2D eigenvalue weighted by Crippen LogP contribution is 2.25. The fraction of sp³-hybridized carbons (Fsp3) is 0.643. The molecule has 0 saturated heterocycles. The highest BCUT2D eigenvalue weighted by atomic mass is 32.1. The van der Waals surface area contributed by atoms with Gasteiger partial charge in [-0.3, -0.25) is 4.79 Å². The van der Waals surface area contributed by atoms with E-state index in [0.717, 1.165) is 11.4 Å². The average molecular weight is 298 g/mol. The molecule has 1 aromatic heterocycles. The number of carboxylic acid groups (broad SMARTS) is 1. The Hall–Kier alpha value is -1.43. The molecular formula is C14H22N2O3S. The molecule has 20 heavy (non-hydrogen) atoms. The van der Waals surface area contributed by atoms with Gasteiger partial charge >= 0.3 is 5.97 Å². The van der Waals surface area contributed by atoms with Gasteiger partial charge in [0.2, 0.25) is 5.91 Å². The van der Waals surface area contributed by atoms with Gasteiger partial charge in [-0.1, -0.05) is 27.7 Å². The second-order valence-corrected chi connectivity index (χ2v) is 6.86. The van der Waals surface area contributed by atoms with E-state index in [0.29, 0.717) is 18.9 Å². The summed E-state index contributed by atoms with van der Waals surface area (Å²) in [7, 11) is 0. The summed E-state index contributed by atoms with van der Waals surface area (Å²) in [4.78, 5) is 26.8. The Balaban J connectivity index is 2.43. The van der Waals surface area contributed by atoms with Gasteiger partial charge < -0.3 is 10.4 Å². The fourth-order valence-corrected chi connectivity index (χ4v) is 2.93. The van der Waals surface area contributed by atoms with Gasteiger partial charge in [0.25, 0.3) is 0 Å². The first-order valence-corrected chi connectivity index (χ1v) is 7.56. The van der Waals surface area contributed by atoms with Gasteiger partial charge in [-0.05, 0) is 12.3 Å². The third kappa shape index (κ3) is 4.92. The van der Waals surface area contributed by atoms with Crippen molar-refractivity contribution in [2.45, 2.75) is 40.5 Å². The van der Waals surface area contributed by atoms with E-state index in [1.807, 2.05) is 13.8 Å². The van der Waals surface area contributed by atoms with Crippen molar-refractivity contribution in [3.8, 4) is 0 Å². The summed E-state index contributed by atoms with van der Waals surface area (Å²) in [6.07, 6.45) is 1.39. The number of aromatic nitrogens is 1. The predicted octanol–water partition coefficient (Wildman–Crippen LogP) is 2.57. The van der Waals surface area contributed by atoms with Crippen molar-refractivity contribution < 1.29 is 14.7 Å². The molecule has 0 saturated carbocycles. The molecule has 0 aliphatic carbocycles. The number of nitrogens with one attached hydrogen (secondary N) is 1. The predicted molar refractivity (Wildman–Crippen MR) is 79.0 cm³/mol. The largest absolute Gasteiger partial charge is 0.476 e. The smallest absolute Gasteiger partial charge is 0.355 e. The second kappa shape index (κ2) is 6.83. The number of aromatic carboxylic acids is 1. The molecule has 0 spiro atoms. The molecule has 1 rings (SSSR count). The summed E-state index contributed by atoms with van der Waals surface area (Å²) in [5.41, 5.74) is -0.319. The van der Waals surface area contributed by atoms with Gasteiger partial charge in [-0.15, -0.1) is 11.3 Å². The number of thiazole rings is 1. The Labute approximate surface area is 123 Å². The standard InChI is InChI=1S/C14H22N2O3S/c1-9(2)7-14(3,4)13(19)15-6-5-11-16-10(8-20-11)12(17)18/h8-9H,5-7H2,1-4H3,(H,15,19)(H,17,18).